The number of alkyl halides is 3. The summed E-state index contributed by atoms with van der Waals surface area (Å²) in [7, 11) is 0. The first-order valence-electron chi connectivity index (χ1n) is 14.0. The molecular weight excluding hydrogens is 590 g/mol. The number of nitrogens with one attached hydrogen (secondary N) is 1. The number of aromatic nitrogens is 2. The Kier molecular flexibility index (Phi) is 8.45. The molecule has 230 valence electrons. The maximum absolute atomic E-state index is 14.6. The molecule has 8 nitrogen and oxygen atoms in total. The minimum Gasteiger partial charge on any atom is -0.480 e. The lowest BCUT2D eigenvalue weighted by Crippen LogP contribution is -2.46. The number of aliphatic carboxylic acids is 1. The van der Waals surface area contributed by atoms with Crippen LogP contribution in [0.1, 0.15) is 49.8 Å². The summed E-state index contributed by atoms with van der Waals surface area (Å²) in [6.45, 7) is 4.55. The first-order chi connectivity index (χ1) is 20.3. The normalized spacial score (nSPS) is 20.8. The van der Waals surface area contributed by atoms with Crippen LogP contribution in [-0.4, -0.2) is 52.4 Å². The first-order valence-corrected chi connectivity index (χ1v) is 14.3. The number of hydrogen-bond donors (Lipinski definition) is 3. The lowest BCUT2D eigenvalue weighted by atomic mass is 9.71. The number of hydrogen-bond acceptors (Lipinski definition) is 7. The highest BCUT2D eigenvalue weighted by molar-refractivity contribution is 6.30. The second-order valence-electron chi connectivity index (χ2n) is 11.2. The Balaban J connectivity index is 1.42. The van der Waals surface area contributed by atoms with Crippen LogP contribution in [-0.2, 0) is 4.79 Å². The average molecular weight is 622 g/mol. The molecule has 3 heterocycles. The van der Waals surface area contributed by atoms with Crippen LogP contribution in [0.25, 0.3) is 11.1 Å². The van der Waals surface area contributed by atoms with E-state index in [2.05, 4.69) is 15.3 Å². The van der Waals surface area contributed by atoms with Crippen LogP contribution >= 0.6 is 11.6 Å². The average Bonchev–Trinajstić information content (AvgIpc) is 3.31. The summed E-state index contributed by atoms with van der Waals surface area (Å²) in [6, 6.07) is 8.73. The largest absolute Gasteiger partial charge is 0.480 e. The van der Waals surface area contributed by atoms with Gasteiger partial charge < -0.3 is 25.8 Å². The number of nitrogens with two attached hydrogens (primary N) is 1. The van der Waals surface area contributed by atoms with E-state index in [9.17, 15) is 27.5 Å². The standard InChI is InChI=1S/C30H32ClF4N5O3/c1-3-23-29(15-22(37-23)27(41)42)8-10-40(11-9-29)24-14-25(39-28(36)38-24)43-26(30(33,34)35)19-6-5-18(31)13-20(19)17-4-7-21(32)16(2)12-17/h4-7,12-14,22-23,26,37H,3,8-11,15H2,1-2H3,(H,41,42)(H2,36,38,39)/t22?,23?,26-/m1/s1. The summed E-state index contributed by atoms with van der Waals surface area (Å²) in [4.78, 5) is 21.7. The summed E-state index contributed by atoms with van der Waals surface area (Å²) < 4.78 is 63.2. The van der Waals surface area contributed by atoms with Gasteiger partial charge in [0.1, 0.15) is 17.7 Å². The number of ether oxygens (including phenoxy) is 1. The van der Waals surface area contributed by atoms with E-state index in [1.807, 2.05) is 11.8 Å². The highest BCUT2D eigenvalue weighted by Crippen LogP contribution is 2.46. The number of nitrogens with zero attached hydrogens (tertiary/aromatic N) is 3. The Labute approximate surface area is 251 Å². The van der Waals surface area contributed by atoms with E-state index in [4.69, 9.17) is 22.1 Å². The van der Waals surface area contributed by atoms with Gasteiger partial charge in [0, 0.05) is 35.8 Å². The van der Waals surface area contributed by atoms with Crippen molar-refractivity contribution >= 4 is 29.3 Å². The molecule has 0 aliphatic carbocycles. The van der Waals surface area contributed by atoms with Crippen molar-refractivity contribution in [1.29, 1.82) is 0 Å². The van der Waals surface area contributed by atoms with Gasteiger partial charge in [0.2, 0.25) is 17.9 Å². The van der Waals surface area contributed by atoms with E-state index in [1.165, 1.54) is 49.4 Å². The van der Waals surface area contributed by atoms with Crippen LogP contribution < -0.4 is 20.7 Å². The molecule has 0 radical (unpaired) electrons. The fourth-order valence-corrected chi connectivity index (χ4v) is 6.54. The number of nitrogen functional groups attached to an aromatic ring is 1. The van der Waals surface area contributed by atoms with Crippen LogP contribution in [0, 0.1) is 18.2 Å². The Morgan fingerprint density at radius 3 is 2.56 bits per heavy atom. The van der Waals surface area contributed by atoms with Crippen molar-refractivity contribution in [1.82, 2.24) is 15.3 Å². The van der Waals surface area contributed by atoms with Crippen molar-refractivity contribution in [2.45, 2.75) is 63.9 Å². The number of anilines is 2. The van der Waals surface area contributed by atoms with E-state index >= 15 is 0 Å². The second-order valence-corrected chi connectivity index (χ2v) is 11.7. The lowest BCUT2D eigenvalue weighted by Gasteiger charge is -2.43. The van der Waals surface area contributed by atoms with Gasteiger partial charge in [-0.1, -0.05) is 30.7 Å². The molecule has 1 aromatic heterocycles. The number of rotatable bonds is 7. The number of halogens is 5. The molecular formula is C30H32ClF4N5O3. The van der Waals surface area contributed by atoms with Crippen LogP contribution in [0.2, 0.25) is 5.02 Å². The molecule has 0 amide bonds. The highest BCUT2D eigenvalue weighted by Gasteiger charge is 2.50. The van der Waals surface area contributed by atoms with Crippen molar-refractivity contribution in [3.05, 3.63) is 64.4 Å². The first kappa shape index (κ1) is 30.8. The quantitative estimate of drug-likeness (QED) is 0.263. The zero-order chi connectivity index (χ0) is 31.1. The molecule has 2 aliphatic rings. The third kappa shape index (κ3) is 6.35. The zero-order valence-electron chi connectivity index (χ0n) is 23.6. The van der Waals surface area contributed by atoms with Gasteiger partial charge in [-0.15, -0.1) is 0 Å². The van der Waals surface area contributed by atoms with E-state index in [1.54, 1.807) is 0 Å². The minimum atomic E-state index is -4.86. The number of carboxylic acids is 1. The Bertz CT molecular complexity index is 1510. The summed E-state index contributed by atoms with van der Waals surface area (Å²) in [5.41, 5.74) is 6.25. The molecule has 43 heavy (non-hydrogen) atoms. The Morgan fingerprint density at radius 2 is 1.93 bits per heavy atom. The molecule has 2 fully saturated rings. The molecule has 2 saturated heterocycles. The molecule has 5 rings (SSSR count). The van der Waals surface area contributed by atoms with Crippen LogP contribution in [0.5, 0.6) is 5.88 Å². The molecule has 0 bridgehead atoms. The summed E-state index contributed by atoms with van der Waals surface area (Å²) in [5, 5.41) is 13.0. The third-order valence-electron chi connectivity index (χ3n) is 8.55. The van der Waals surface area contributed by atoms with Crippen molar-refractivity contribution in [2.75, 3.05) is 23.7 Å². The van der Waals surface area contributed by atoms with E-state index in [0.717, 1.165) is 6.42 Å². The molecule has 3 aromatic rings. The third-order valence-corrected chi connectivity index (χ3v) is 8.79. The Hall–Kier alpha value is -3.64. The monoisotopic (exact) mass is 621 g/mol. The van der Waals surface area contributed by atoms with Gasteiger partial charge in [0.15, 0.2) is 0 Å². The van der Waals surface area contributed by atoms with Gasteiger partial charge in [-0.05, 0) is 79.0 Å². The maximum Gasteiger partial charge on any atom is 0.429 e. The molecule has 1 spiro atoms. The van der Waals surface area contributed by atoms with Crippen molar-refractivity contribution in [2.24, 2.45) is 5.41 Å². The van der Waals surface area contributed by atoms with Crippen LogP contribution in [0.15, 0.2) is 42.5 Å². The topological polar surface area (TPSA) is 114 Å². The minimum absolute atomic E-state index is 0.0520. The Morgan fingerprint density at radius 1 is 1.21 bits per heavy atom. The number of aryl methyl sites for hydroxylation is 1. The fraction of sp³-hybridized carbons (Fsp3) is 0.433. The van der Waals surface area contributed by atoms with Crippen molar-refractivity contribution in [3.8, 4) is 17.0 Å². The zero-order valence-corrected chi connectivity index (χ0v) is 24.3. The van der Waals surface area contributed by atoms with Gasteiger partial charge in [-0.2, -0.15) is 23.1 Å². The molecule has 0 saturated carbocycles. The molecule has 3 atom stereocenters. The summed E-state index contributed by atoms with van der Waals surface area (Å²) in [6.07, 6.45) is -4.65. The fourth-order valence-electron chi connectivity index (χ4n) is 6.37. The van der Waals surface area contributed by atoms with E-state index in [-0.39, 0.29) is 45.0 Å². The number of carbonyl (C=O) groups is 1. The predicted molar refractivity (Wildman–Crippen MR) is 155 cm³/mol. The van der Waals surface area contributed by atoms with Crippen LogP contribution in [0.3, 0.4) is 0 Å². The highest BCUT2D eigenvalue weighted by atomic mass is 35.5. The molecule has 2 unspecified atom stereocenters. The molecule has 13 heteroatoms. The van der Waals surface area contributed by atoms with Gasteiger partial charge in [-0.3, -0.25) is 4.79 Å². The van der Waals surface area contributed by atoms with Crippen molar-refractivity contribution in [3.63, 3.8) is 0 Å². The summed E-state index contributed by atoms with van der Waals surface area (Å²) in [5.74, 6) is -1.65. The number of benzene rings is 2. The van der Waals surface area contributed by atoms with Crippen molar-refractivity contribution < 1.29 is 32.2 Å². The van der Waals surface area contributed by atoms with Gasteiger partial charge in [0.25, 0.3) is 0 Å². The maximum atomic E-state index is 14.6. The van der Waals surface area contributed by atoms with Gasteiger partial charge in [0.05, 0.1) is 0 Å². The van der Waals surface area contributed by atoms with Crippen LogP contribution in [0.4, 0.5) is 29.3 Å². The lowest BCUT2D eigenvalue weighted by molar-refractivity contribution is -0.198. The number of piperidine rings is 1. The predicted octanol–water partition coefficient (Wildman–Crippen LogP) is 6.32. The van der Waals surface area contributed by atoms with E-state index < -0.39 is 30.1 Å². The SMILES string of the molecule is CCC1NC(C(=O)O)CC12CCN(c1cc(O[C@H](c3ccc(Cl)cc3-c3ccc(F)c(C)c3)C(F)(F)F)nc(N)n1)CC2. The molecule has 2 aliphatic heterocycles. The molecule has 2 aromatic carbocycles. The second kappa shape index (κ2) is 11.8. The summed E-state index contributed by atoms with van der Waals surface area (Å²) >= 11 is 6.16. The number of carboxylic acid groups (broad SMARTS) is 1. The molecule has 4 N–H and O–H groups in total. The van der Waals surface area contributed by atoms with Gasteiger partial charge >= 0.3 is 12.1 Å². The van der Waals surface area contributed by atoms with E-state index in [0.29, 0.717) is 43.7 Å². The smallest absolute Gasteiger partial charge is 0.429 e. The van der Waals surface area contributed by atoms with Gasteiger partial charge in [-0.25, -0.2) is 4.39 Å².